The molecule has 4 rings (SSSR count). The summed E-state index contributed by atoms with van der Waals surface area (Å²) >= 11 is 7.85. The summed E-state index contributed by atoms with van der Waals surface area (Å²) in [5.41, 5.74) is 9.31. The number of nitrogens with one attached hydrogen (secondary N) is 1. The molecule has 40 heavy (non-hydrogen) atoms. The molecular formula is C27H36Cl2N6O4S. The molecule has 1 atom stereocenters. The van der Waals surface area contributed by atoms with Crippen LogP contribution in [0.5, 0.6) is 0 Å². The number of carbonyl (C=O) groups excluding carboxylic acids is 1. The minimum atomic E-state index is -0.507. The van der Waals surface area contributed by atoms with E-state index in [1.54, 1.807) is 11.3 Å². The first-order valence-electron chi connectivity index (χ1n) is 13.0. The third kappa shape index (κ3) is 7.88. The molecule has 0 aliphatic carbocycles. The molecule has 1 aliphatic heterocycles. The maximum absolute atomic E-state index is 13.0. The Hall–Kier alpha value is -2.38. The maximum atomic E-state index is 13.0. The molecule has 3 N–H and O–H groups in total. The van der Waals surface area contributed by atoms with E-state index in [0.717, 1.165) is 33.2 Å². The summed E-state index contributed by atoms with van der Waals surface area (Å²) < 4.78 is 18.3. The smallest absolute Gasteiger partial charge is 0.222 e. The van der Waals surface area contributed by atoms with Crippen molar-refractivity contribution in [3.63, 3.8) is 0 Å². The molecule has 1 amide bonds. The number of amides is 1. The highest BCUT2D eigenvalue weighted by Crippen LogP contribution is 2.39. The van der Waals surface area contributed by atoms with Gasteiger partial charge >= 0.3 is 0 Å². The quantitative estimate of drug-likeness (QED) is 0.266. The van der Waals surface area contributed by atoms with Gasteiger partial charge in [-0.2, -0.15) is 0 Å². The molecule has 0 bridgehead atoms. The lowest BCUT2D eigenvalue weighted by atomic mass is 9.99. The number of hydrogen-bond acceptors (Lipinski definition) is 9. The largest absolute Gasteiger partial charge is 0.378 e. The Labute approximate surface area is 249 Å². The van der Waals surface area contributed by atoms with E-state index in [9.17, 15) is 4.79 Å². The number of benzene rings is 1. The Bertz CT molecular complexity index is 1290. The van der Waals surface area contributed by atoms with Crippen molar-refractivity contribution in [2.75, 3.05) is 52.7 Å². The standard InChI is InChI=1S/C27H35ClN6O4S.ClH/c1-17-18(2)39-27-24(17)25(20-4-6-21(28)7-5-20)31-22(26-33-32-19(3)34(26)27)16-23(35)30-9-11-37-13-15-38-14-12-36-10-8-29;/h4-7,22H,8-16,29H2,1-3H3,(H,30,35);1H/t22-;/m0./s1. The average molecular weight is 612 g/mol. The lowest BCUT2D eigenvalue weighted by Crippen LogP contribution is -2.29. The lowest BCUT2D eigenvalue weighted by molar-refractivity contribution is -0.121. The van der Waals surface area contributed by atoms with Crippen LogP contribution in [0.2, 0.25) is 5.02 Å². The topological polar surface area (TPSA) is 126 Å². The number of nitrogens with two attached hydrogens (primary N) is 1. The molecule has 10 nitrogen and oxygen atoms in total. The van der Waals surface area contributed by atoms with Crippen LogP contribution in [0.3, 0.4) is 0 Å². The number of hydrogen-bond donors (Lipinski definition) is 2. The van der Waals surface area contributed by atoms with Crippen molar-refractivity contribution in [1.29, 1.82) is 0 Å². The summed E-state index contributed by atoms with van der Waals surface area (Å²) in [4.78, 5) is 19.3. The fourth-order valence-corrected chi connectivity index (χ4v) is 5.61. The van der Waals surface area contributed by atoms with E-state index in [4.69, 9.17) is 36.5 Å². The second kappa shape index (κ2) is 15.6. The van der Waals surface area contributed by atoms with Gasteiger partial charge in [-0.15, -0.1) is 33.9 Å². The van der Waals surface area contributed by atoms with Gasteiger partial charge in [-0.3, -0.25) is 14.4 Å². The Balaban J connectivity index is 0.00000441. The van der Waals surface area contributed by atoms with Crippen LogP contribution >= 0.6 is 35.3 Å². The van der Waals surface area contributed by atoms with Gasteiger partial charge in [-0.25, -0.2) is 0 Å². The first-order chi connectivity index (χ1) is 18.9. The van der Waals surface area contributed by atoms with Crippen LogP contribution in [0.4, 0.5) is 0 Å². The number of rotatable bonds is 14. The van der Waals surface area contributed by atoms with E-state index in [2.05, 4.69) is 29.4 Å². The summed E-state index contributed by atoms with van der Waals surface area (Å²) in [5, 5.41) is 13.4. The molecule has 3 heterocycles. The Kier molecular flexibility index (Phi) is 12.5. The van der Waals surface area contributed by atoms with E-state index >= 15 is 0 Å². The van der Waals surface area contributed by atoms with Crippen molar-refractivity contribution in [2.45, 2.75) is 33.2 Å². The monoisotopic (exact) mass is 610 g/mol. The number of thiophene rings is 1. The summed E-state index contributed by atoms with van der Waals surface area (Å²) in [6.07, 6.45) is 0.133. The molecule has 13 heteroatoms. The first kappa shape index (κ1) is 32.1. The van der Waals surface area contributed by atoms with Gasteiger partial charge in [0, 0.05) is 34.1 Å². The molecule has 0 unspecified atom stereocenters. The highest BCUT2D eigenvalue weighted by atomic mass is 35.5. The number of aromatic nitrogens is 3. The van der Waals surface area contributed by atoms with Crippen molar-refractivity contribution in [3.8, 4) is 5.00 Å². The molecule has 1 aliphatic rings. The zero-order valence-electron chi connectivity index (χ0n) is 22.9. The second-order valence-electron chi connectivity index (χ2n) is 9.08. The van der Waals surface area contributed by atoms with E-state index in [1.807, 2.05) is 35.8 Å². The van der Waals surface area contributed by atoms with E-state index < -0.39 is 6.04 Å². The number of aryl methyl sites for hydroxylation is 2. The molecule has 0 spiro atoms. The second-order valence-corrected chi connectivity index (χ2v) is 10.7. The van der Waals surface area contributed by atoms with E-state index in [0.29, 0.717) is 63.6 Å². The van der Waals surface area contributed by atoms with Crippen molar-refractivity contribution in [3.05, 3.63) is 62.5 Å². The molecule has 0 saturated heterocycles. The van der Waals surface area contributed by atoms with Gasteiger partial charge in [0.1, 0.15) is 16.9 Å². The number of ether oxygens (including phenoxy) is 3. The SMILES string of the molecule is Cc1sc2c(c1C)C(c1ccc(Cl)cc1)=N[C@@H](CC(=O)NCCOCCOCCOCCN)c1nnc(C)n1-2.Cl. The van der Waals surface area contributed by atoms with Crippen LogP contribution in [0.15, 0.2) is 29.3 Å². The van der Waals surface area contributed by atoms with Crippen LogP contribution in [0.25, 0.3) is 5.00 Å². The molecule has 0 fully saturated rings. The van der Waals surface area contributed by atoms with Crippen LogP contribution in [-0.2, 0) is 19.0 Å². The van der Waals surface area contributed by atoms with Crippen molar-refractivity contribution in [1.82, 2.24) is 20.1 Å². The van der Waals surface area contributed by atoms with Gasteiger partial charge in [0.15, 0.2) is 5.82 Å². The number of halogens is 2. The van der Waals surface area contributed by atoms with Crippen LogP contribution < -0.4 is 11.1 Å². The third-order valence-electron chi connectivity index (χ3n) is 6.31. The normalized spacial score (nSPS) is 14.1. The molecule has 0 saturated carbocycles. The van der Waals surface area contributed by atoms with E-state index in [1.165, 1.54) is 4.88 Å². The van der Waals surface area contributed by atoms with Crippen LogP contribution in [-0.4, -0.2) is 79.1 Å². The fourth-order valence-electron chi connectivity index (χ4n) is 4.27. The molecule has 0 radical (unpaired) electrons. The van der Waals surface area contributed by atoms with Gasteiger partial charge in [0.05, 0.1) is 51.8 Å². The average Bonchev–Trinajstić information content (AvgIpc) is 3.39. The van der Waals surface area contributed by atoms with Crippen molar-refractivity contribution >= 4 is 47.0 Å². The van der Waals surface area contributed by atoms with Gasteiger partial charge in [-0.05, 0) is 38.5 Å². The number of nitrogens with zero attached hydrogens (tertiary/aromatic N) is 4. The summed E-state index contributed by atoms with van der Waals surface area (Å²) in [6, 6.07) is 7.12. The van der Waals surface area contributed by atoms with E-state index in [-0.39, 0.29) is 24.7 Å². The number of carbonyl (C=O) groups is 1. The maximum Gasteiger partial charge on any atom is 0.222 e. The van der Waals surface area contributed by atoms with Crippen molar-refractivity contribution < 1.29 is 19.0 Å². The van der Waals surface area contributed by atoms with Crippen molar-refractivity contribution in [2.24, 2.45) is 10.7 Å². The number of fused-ring (bicyclic) bond motifs is 3. The molecule has 2 aromatic heterocycles. The lowest BCUT2D eigenvalue weighted by Gasteiger charge is -2.13. The number of aliphatic imine (C=N–C) groups is 1. The third-order valence-corrected chi connectivity index (χ3v) is 7.76. The Morgan fingerprint density at radius 2 is 1.68 bits per heavy atom. The first-order valence-corrected chi connectivity index (χ1v) is 14.2. The highest BCUT2D eigenvalue weighted by Gasteiger charge is 2.32. The Morgan fingerprint density at radius 3 is 2.35 bits per heavy atom. The predicted molar refractivity (Wildman–Crippen MR) is 160 cm³/mol. The zero-order chi connectivity index (χ0) is 27.8. The van der Waals surface area contributed by atoms with Gasteiger partial charge in [0.2, 0.25) is 5.91 Å². The van der Waals surface area contributed by atoms with Crippen LogP contribution in [0, 0.1) is 20.8 Å². The van der Waals surface area contributed by atoms with Gasteiger partial charge in [0.25, 0.3) is 0 Å². The highest BCUT2D eigenvalue weighted by molar-refractivity contribution is 7.15. The minimum Gasteiger partial charge on any atom is -0.378 e. The summed E-state index contributed by atoms with van der Waals surface area (Å²) in [7, 11) is 0. The Morgan fingerprint density at radius 1 is 1.02 bits per heavy atom. The molecule has 1 aromatic carbocycles. The minimum absolute atomic E-state index is 0. The van der Waals surface area contributed by atoms with Crippen LogP contribution in [0.1, 0.15) is 45.7 Å². The molecule has 3 aromatic rings. The summed E-state index contributed by atoms with van der Waals surface area (Å²) in [5.74, 6) is 1.27. The fraction of sp³-hybridized carbons (Fsp3) is 0.481. The van der Waals surface area contributed by atoms with Gasteiger partial charge in [-0.1, -0.05) is 23.7 Å². The van der Waals surface area contributed by atoms with Gasteiger partial charge < -0.3 is 25.3 Å². The molecule has 218 valence electrons. The summed E-state index contributed by atoms with van der Waals surface area (Å²) in [6.45, 7) is 9.82. The zero-order valence-corrected chi connectivity index (χ0v) is 25.3. The molecular weight excluding hydrogens is 575 g/mol. The predicted octanol–water partition coefficient (Wildman–Crippen LogP) is 3.74.